The Kier molecular flexibility index (Phi) is 10.1. The molecule has 12 nitrogen and oxygen atoms in total. The van der Waals surface area contributed by atoms with E-state index in [9.17, 15) is 14.4 Å². The third-order valence-electron chi connectivity index (χ3n) is 6.39. The van der Waals surface area contributed by atoms with Gasteiger partial charge in [0.2, 0.25) is 0 Å². The molecule has 42 heavy (non-hydrogen) atoms. The molecule has 0 fully saturated rings. The molecule has 0 radical (unpaired) electrons. The molecule has 0 spiro atoms. The molecule has 2 amide bonds. The second-order valence-electron chi connectivity index (χ2n) is 9.19. The molecule has 0 aliphatic heterocycles. The average Bonchev–Trinajstić information content (AvgIpc) is 3.31. The number of carbonyl (C=O) groups is 3. The Hall–Kier alpha value is -4.97. The molecule has 3 N–H and O–H groups in total. The maximum Gasteiger partial charge on any atom is 0.408 e. The first-order chi connectivity index (χ1) is 20.3. The van der Waals surface area contributed by atoms with Gasteiger partial charge in [0.05, 0.1) is 30.7 Å². The lowest BCUT2D eigenvalue weighted by molar-refractivity contribution is -0.142. The second kappa shape index (κ2) is 14.1. The van der Waals surface area contributed by atoms with Gasteiger partial charge in [-0.1, -0.05) is 18.2 Å². The van der Waals surface area contributed by atoms with Crippen molar-refractivity contribution in [2.24, 2.45) is 12.8 Å². The van der Waals surface area contributed by atoms with Crippen LogP contribution in [0.2, 0.25) is 0 Å². The Morgan fingerprint density at radius 2 is 1.79 bits per heavy atom. The van der Waals surface area contributed by atoms with Gasteiger partial charge in [-0.05, 0) is 61.9 Å². The standard InChI is InChI=1S/C30H34N6O6/c1-4-40-27(37)15-17-36(25-8-6-7-16-32-25)29(38)21-11-14-24-23(18-21)33-26(35(24)3)19-42-22-12-9-20(10-13-22)28(31)34-30(39)41-5-2/h6-14,16,18,28H,4-5,15,17,19,31H2,1-3H3,(H,34,39). The number of imidazole rings is 1. The van der Waals surface area contributed by atoms with Crippen LogP contribution in [-0.2, 0) is 27.9 Å². The molecule has 2 heterocycles. The van der Waals surface area contributed by atoms with E-state index in [4.69, 9.17) is 24.9 Å². The maximum absolute atomic E-state index is 13.6. The van der Waals surface area contributed by atoms with Gasteiger partial charge >= 0.3 is 12.1 Å². The van der Waals surface area contributed by atoms with Crippen LogP contribution in [0.4, 0.5) is 10.6 Å². The minimum absolute atomic E-state index is 0.0400. The number of aromatic nitrogens is 3. The zero-order chi connectivity index (χ0) is 30.1. The lowest BCUT2D eigenvalue weighted by Crippen LogP contribution is -2.34. The van der Waals surface area contributed by atoms with Crippen LogP contribution in [0.3, 0.4) is 0 Å². The van der Waals surface area contributed by atoms with E-state index in [0.29, 0.717) is 34.0 Å². The molecule has 4 rings (SSSR count). The van der Waals surface area contributed by atoms with Crippen LogP contribution in [0.25, 0.3) is 11.0 Å². The second-order valence-corrected chi connectivity index (χ2v) is 9.19. The summed E-state index contributed by atoms with van der Waals surface area (Å²) in [4.78, 5) is 47.6. The number of nitrogens with two attached hydrogens (primary N) is 1. The summed E-state index contributed by atoms with van der Waals surface area (Å²) < 4.78 is 17.7. The Labute approximate surface area is 243 Å². The van der Waals surface area contributed by atoms with Crippen molar-refractivity contribution in [1.29, 1.82) is 0 Å². The molecule has 0 bridgehead atoms. The van der Waals surface area contributed by atoms with Crippen LogP contribution < -0.4 is 20.7 Å². The summed E-state index contributed by atoms with van der Waals surface area (Å²) in [6, 6.07) is 17.5. The Balaban J connectivity index is 1.46. The monoisotopic (exact) mass is 574 g/mol. The topological polar surface area (TPSA) is 151 Å². The number of pyridine rings is 1. The number of hydrogen-bond acceptors (Lipinski definition) is 9. The Morgan fingerprint density at radius 1 is 1.02 bits per heavy atom. The van der Waals surface area contributed by atoms with E-state index in [2.05, 4.69) is 10.3 Å². The largest absolute Gasteiger partial charge is 0.486 e. The molecule has 2 aromatic heterocycles. The molecule has 0 saturated carbocycles. The highest BCUT2D eigenvalue weighted by Crippen LogP contribution is 2.22. The third-order valence-corrected chi connectivity index (χ3v) is 6.39. The zero-order valence-electron chi connectivity index (χ0n) is 23.8. The van der Waals surface area contributed by atoms with Crippen molar-refractivity contribution < 1.29 is 28.6 Å². The molecule has 1 atom stereocenters. The number of esters is 1. The first kappa shape index (κ1) is 30.0. The number of nitrogens with one attached hydrogen (secondary N) is 1. The van der Waals surface area contributed by atoms with Crippen LogP contribution in [0, 0.1) is 0 Å². The number of ether oxygens (including phenoxy) is 3. The summed E-state index contributed by atoms with van der Waals surface area (Å²) in [6.07, 6.45) is 0.334. The van der Waals surface area contributed by atoms with Gasteiger partial charge in [-0.3, -0.25) is 14.5 Å². The number of rotatable bonds is 12. The number of hydrogen-bond donors (Lipinski definition) is 2. The zero-order valence-corrected chi connectivity index (χ0v) is 23.8. The highest BCUT2D eigenvalue weighted by atomic mass is 16.5. The van der Waals surface area contributed by atoms with Gasteiger partial charge in [-0.15, -0.1) is 0 Å². The normalized spacial score (nSPS) is 11.5. The predicted octanol–water partition coefficient (Wildman–Crippen LogP) is 3.85. The van der Waals surface area contributed by atoms with Gasteiger partial charge in [0.25, 0.3) is 5.91 Å². The molecular formula is C30H34N6O6. The van der Waals surface area contributed by atoms with E-state index in [-0.39, 0.29) is 44.7 Å². The van der Waals surface area contributed by atoms with Crippen LogP contribution >= 0.6 is 0 Å². The average molecular weight is 575 g/mol. The van der Waals surface area contributed by atoms with E-state index in [0.717, 1.165) is 5.52 Å². The number of benzene rings is 2. The number of carbonyl (C=O) groups excluding carboxylic acids is 3. The molecular weight excluding hydrogens is 540 g/mol. The van der Waals surface area contributed by atoms with Crippen molar-refractivity contribution in [3.8, 4) is 5.75 Å². The lowest BCUT2D eigenvalue weighted by Gasteiger charge is -2.21. The summed E-state index contributed by atoms with van der Waals surface area (Å²) in [5, 5.41) is 2.55. The van der Waals surface area contributed by atoms with Gasteiger partial charge in [-0.2, -0.15) is 0 Å². The fraction of sp³-hybridized carbons (Fsp3) is 0.300. The minimum atomic E-state index is -0.714. The number of anilines is 1. The van der Waals surface area contributed by atoms with Crippen LogP contribution in [0.5, 0.6) is 5.75 Å². The van der Waals surface area contributed by atoms with Crippen molar-refractivity contribution in [1.82, 2.24) is 19.9 Å². The van der Waals surface area contributed by atoms with Gasteiger partial charge in [-0.25, -0.2) is 14.8 Å². The lowest BCUT2D eigenvalue weighted by atomic mass is 10.1. The Bertz CT molecular complexity index is 1520. The molecule has 12 heteroatoms. The SMILES string of the molecule is CCOC(=O)CCN(C(=O)c1ccc2c(c1)nc(COc1ccc(C(N)NC(=O)OCC)cc1)n2C)c1ccccn1. The predicted molar refractivity (Wildman–Crippen MR) is 156 cm³/mol. The van der Waals surface area contributed by atoms with Gasteiger partial charge in [0.15, 0.2) is 0 Å². The van der Waals surface area contributed by atoms with Gasteiger partial charge < -0.3 is 29.8 Å². The molecule has 0 saturated heterocycles. The number of nitrogens with zero attached hydrogens (tertiary/aromatic N) is 4. The van der Waals surface area contributed by atoms with E-state index >= 15 is 0 Å². The van der Waals surface area contributed by atoms with Crippen molar-refractivity contribution >= 4 is 34.8 Å². The minimum Gasteiger partial charge on any atom is -0.486 e. The molecule has 220 valence electrons. The molecule has 2 aromatic carbocycles. The van der Waals surface area contributed by atoms with Crippen molar-refractivity contribution in [2.75, 3.05) is 24.7 Å². The molecule has 0 aliphatic carbocycles. The number of fused-ring (bicyclic) bond motifs is 1. The quantitative estimate of drug-likeness (QED) is 0.190. The van der Waals surface area contributed by atoms with Crippen LogP contribution in [-0.4, -0.2) is 52.3 Å². The van der Waals surface area contributed by atoms with Gasteiger partial charge in [0.1, 0.15) is 30.2 Å². The number of aryl methyl sites for hydroxylation is 1. The molecule has 4 aromatic rings. The molecule has 1 unspecified atom stereocenters. The van der Waals surface area contributed by atoms with E-state index < -0.39 is 12.3 Å². The van der Waals surface area contributed by atoms with Gasteiger partial charge in [0, 0.05) is 25.4 Å². The number of amides is 2. The van der Waals surface area contributed by atoms with Crippen molar-refractivity contribution in [2.45, 2.75) is 33.0 Å². The first-order valence-electron chi connectivity index (χ1n) is 13.6. The highest BCUT2D eigenvalue weighted by molar-refractivity contribution is 6.07. The smallest absolute Gasteiger partial charge is 0.408 e. The van der Waals surface area contributed by atoms with Crippen molar-refractivity contribution in [3.05, 3.63) is 83.8 Å². The Morgan fingerprint density at radius 3 is 2.48 bits per heavy atom. The van der Waals surface area contributed by atoms with Crippen molar-refractivity contribution in [3.63, 3.8) is 0 Å². The maximum atomic E-state index is 13.6. The summed E-state index contributed by atoms with van der Waals surface area (Å²) in [5.74, 6) is 0.993. The highest BCUT2D eigenvalue weighted by Gasteiger charge is 2.21. The summed E-state index contributed by atoms with van der Waals surface area (Å²) in [7, 11) is 1.87. The third kappa shape index (κ3) is 7.40. The fourth-order valence-corrected chi connectivity index (χ4v) is 4.24. The van der Waals surface area contributed by atoms with Crippen LogP contribution in [0.1, 0.15) is 48.2 Å². The van der Waals surface area contributed by atoms with E-state index in [1.165, 1.54) is 4.90 Å². The fourth-order valence-electron chi connectivity index (χ4n) is 4.24. The number of alkyl carbamates (subject to hydrolysis) is 1. The van der Waals surface area contributed by atoms with E-state index in [1.54, 1.807) is 74.6 Å². The summed E-state index contributed by atoms with van der Waals surface area (Å²) in [5.41, 5.74) is 8.57. The summed E-state index contributed by atoms with van der Waals surface area (Å²) >= 11 is 0. The summed E-state index contributed by atoms with van der Waals surface area (Å²) in [6.45, 7) is 4.28. The molecule has 0 aliphatic rings. The van der Waals surface area contributed by atoms with Crippen LogP contribution in [0.15, 0.2) is 66.9 Å². The van der Waals surface area contributed by atoms with E-state index in [1.807, 2.05) is 17.7 Å². The first-order valence-corrected chi connectivity index (χ1v) is 13.6.